The molecule has 74 valence electrons. The molecule has 0 saturated heterocycles. The van der Waals surface area contributed by atoms with Crippen molar-refractivity contribution in [3.8, 4) is 0 Å². The zero-order valence-corrected chi connectivity index (χ0v) is 8.80. The number of aromatic nitrogens is 1. The predicted molar refractivity (Wildman–Crippen MR) is 52.7 cm³/mol. The molecule has 0 aliphatic heterocycles. The monoisotopic (exact) mass is 201 g/mol. The minimum Gasteiger partial charge on any atom is -0.390 e. The van der Waals surface area contributed by atoms with E-state index in [9.17, 15) is 0 Å². The largest absolute Gasteiger partial charge is 0.390 e. The van der Waals surface area contributed by atoms with Gasteiger partial charge in [-0.25, -0.2) is 4.98 Å². The Morgan fingerprint density at radius 1 is 1.62 bits per heavy atom. The molecule has 0 aliphatic rings. The van der Waals surface area contributed by atoms with Gasteiger partial charge in [0.05, 0.1) is 12.3 Å². The van der Waals surface area contributed by atoms with E-state index in [1.165, 1.54) is 0 Å². The molecular weight excluding hydrogens is 186 g/mol. The van der Waals surface area contributed by atoms with Gasteiger partial charge in [0.2, 0.25) is 0 Å². The third-order valence-corrected chi connectivity index (χ3v) is 2.73. The quantitative estimate of drug-likeness (QED) is 0.793. The van der Waals surface area contributed by atoms with Crippen molar-refractivity contribution >= 4 is 11.3 Å². The molecule has 0 amide bonds. The molecule has 0 bridgehead atoms. The molecule has 1 unspecified atom stereocenters. The molecule has 0 spiro atoms. The Morgan fingerprint density at radius 3 is 2.85 bits per heavy atom. The molecule has 0 aromatic carbocycles. The first kappa shape index (κ1) is 10.6. The Kier molecular flexibility index (Phi) is 4.35. The van der Waals surface area contributed by atoms with Crippen LogP contribution >= 0.6 is 11.3 Å². The van der Waals surface area contributed by atoms with Crippen LogP contribution in [0.15, 0.2) is 5.38 Å². The Hall–Kier alpha value is -0.450. The van der Waals surface area contributed by atoms with E-state index in [-0.39, 0.29) is 12.7 Å². The number of hydrogen-bond donors (Lipinski definition) is 1. The van der Waals surface area contributed by atoms with Crippen LogP contribution < -0.4 is 0 Å². The van der Waals surface area contributed by atoms with Crippen molar-refractivity contribution in [1.82, 2.24) is 4.98 Å². The van der Waals surface area contributed by atoms with Crippen LogP contribution in [0.5, 0.6) is 0 Å². The number of hydrogen-bond acceptors (Lipinski definition) is 4. The van der Waals surface area contributed by atoms with Crippen LogP contribution in [-0.4, -0.2) is 16.7 Å². The first-order valence-corrected chi connectivity index (χ1v) is 5.36. The van der Waals surface area contributed by atoms with Gasteiger partial charge >= 0.3 is 0 Å². The third kappa shape index (κ3) is 2.76. The SMILES string of the molecule is CCOC(CC)c1nc(CO)cs1. The molecular formula is C9H15NO2S. The van der Waals surface area contributed by atoms with E-state index in [1.54, 1.807) is 11.3 Å². The fourth-order valence-corrected chi connectivity index (χ4v) is 2.05. The second-order valence-corrected chi connectivity index (χ2v) is 3.58. The van der Waals surface area contributed by atoms with Crippen LogP contribution in [0, 0.1) is 0 Å². The summed E-state index contributed by atoms with van der Waals surface area (Å²) in [6.45, 7) is 4.76. The lowest BCUT2D eigenvalue weighted by Crippen LogP contribution is -2.02. The zero-order valence-electron chi connectivity index (χ0n) is 7.99. The highest BCUT2D eigenvalue weighted by Gasteiger charge is 2.12. The Balaban J connectivity index is 2.67. The molecule has 1 aromatic heterocycles. The maximum absolute atomic E-state index is 8.84. The van der Waals surface area contributed by atoms with E-state index in [0.717, 1.165) is 17.1 Å². The summed E-state index contributed by atoms with van der Waals surface area (Å²) in [5.74, 6) is 0. The van der Waals surface area contributed by atoms with Crippen molar-refractivity contribution in [2.75, 3.05) is 6.61 Å². The lowest BCUT2D eigenvalue weighted by Gasteiger charge is -2.10. The van der Waals surface area contributed by atoms with Crippen molar-refractivity contribution in [2.24, 2.45) is 0 Å². The highest BCUT2D eigenvalue weighted by Crippen LogP contribution is 2.24. The van der Waals surface area contributed by atoms with Crippen molar-refractivity contribution in [3.63, 3.8) is 0 Å². The topological polar surface area (TPSA) is 42.4 Å². The number of nitrogens with zero attached hydrogens (tertiary/aromatic N) is 1. The van der Waals surface area contributed by atoms with Crippen molar-refractivity contribution in [2.45, 2.75) is 33.0 Å². The second kappa shape index (κ2) is 5.32. The summed E-state index contributed by atoms with van der Waals surface area (Å²) in [6.07, 6.45) is 1.02. The summed E-state index contributed by atoms with van der Waals surface area (Å²) < 4.78 is 5.50. The zero-order chi connectivity index (χ0) is 9.68. The molecule has 1 N–H and O–H groups in total. The fraction of sp³-hybridized carbons (Fsp3) is 0.667. The highest BCUT2D eigenvalue weighted by atomic mass is 32.1. The third-order valence-electron chi connectivity index (χ3n) is 1.75. The minimum atomic E-state index is 0.0130. The molecule has 1 rings (SSSR count). The number of aliphatic hydroxyl groups excluding tert-OH is 1. The van der Waals surface area contributed by atoms with Crippen molar-refractivity contribution < 1.29 is 9.84 Å². The summed E-state index contributed by atoms with van der Waals surface area (Å²) in [5.41, 5.74) is 0.734. The number of ether oxygens (including phenoxy) is 1. The first-order valence-electron chi connectivity index (χ1n) is 4.48. The lowest BCUT2D eigenvalue weighted by molar-refractivity contribution is 0.0594. The number of thiazole rings is 1. The van der Waals surface area contributed by atoms with Gasteiger partial charge in [-0.1, -0.05) is 6.92 Å². The molecule has 1 heterocycles. The molecule has 1 atom stereocenters. The van der Waals surface area contributed by atoms with E-state index in [2.05, 4.69) is 11.9 Å². The van der Waals surface area contributed by atoms with Crippen LogP contribution in [-0.2, 0) is 11.3 Å². The van der Waals surface area contributed by atoms with Gasteiger partial charge in [-0.2, -0.15) is 0 Å². The van der Waals surface area contributed by atoms with Crippen molar-refractivity contribution in [3.05, 3.63) is 16.1 Å². The predicted octanol–water partition coefficient (Wildman–Crippen LogP) is 2.12. The normalized spacial score (nSPS) is 13.2. The van der Waals surface area contributed by atoms with Crippen molar-refractivity contribution in [1.29, 1.82) is 0 Å². The van der Waals surface area contributed by atoms with Crippen LogP contribution in [0.2, 0.25) is 0 Å². The first-order chi connectivity index (χ1) is 6.31. The molecule has 3 nitrogen and oxygen atoms in total. The maximum Gasteiger partial charge on any atom is 0.122 e. The average molecular weight is 201 g/mol. The van der Waals surface area contributed by atoms with Gasteiger partial charge in [-0.05, 0) is 13.3 Å². The van der Waals surface area contributed by atoms with Gasteiger partial charge in [-0.15, -0.1) is 11.3 Å². The lowest BCUT2D eigenvalue weighted by atomic mass is 10.3. The van der Waals surface area contributed by atoms with Gasteiger partial charge in [0.15, 0.2) is 0 Å². The summed E-state index contributed by atoms with van der Waals surface area (Å²) in [5, 5.41) is 11.7. The summed E-state index contributed by atoms with van der Waals surface area (Å²) in [7, 11) is 0. The van der Waals surface area contributed by atoms with Gasteiger partial charge in [-0.3, -0.25) is 0 Å². The number of aliphatic hydroxyl groups is 1. The number of rotatable bonds is 5. The van der Waals surface area contributed by atoms with Gasteiger partial charge < -0.3 is 9.84 Å². The minimum absolute atomic E-state index is 0.0130. The van der Waals surface area contributed by atoms with Crippen LogP contribution in [0.1, 0.15) is 37.1 Å². The van der Waals surface area contributed by atoms with E-state index in [4.69, 9.17) is 9.84 Å². The standard InChI is InChI=1S/C9H15NO2S/c1-3-8(12-4-2)9-10-7(5-11)6-13-9/h6,8,11H,3-5H2,1-2H3. The summed E-state index contributed by atoms with van der Waals surface area (Å²) >= 11 is 1.55. The Labute approximate surface area is 82.4 Å². The fourth-order valence-electron chi connectivity index (χ4n) is 1.11. The maximum atomic E-state index is 8.84. The molecule has 0 saturated carbocycles. The van der Waals surface area contributed by atoms with E-state index < -0.39 is 0 Å². The molecule has 13 heavy (non-hydrogen) atoms. The van der Waals surface area contributed by atoms with E-state index in [1.807, 2.05) is 12.3 Å². The van der Waals surface area contributed by atoms with Gasteiger partial charge in [0, 0.05) is 12.0 Å². The second-order valence-electron chi connectivity index (χ2n) is 2.69. The van der Waals surface area contributed by atoms with E-state index >= 15 is 0 Å². The molecule has 0 fully saturated rings. The van der Waals surface area contributed by atoms with Crippen LogP contribution in [0.4, 0.5) is 0 Å². The van der Waals surface area contributed by atoms with Gasteiger partial charge in [0.1, 0.15) is 11.1 Å². The Morgan fingerprint density at radius 2 is 2.38 bits per heavy atom. The molecule has 0 aliphatic carbocycles. The van der Waals surface area contributed by atoms with Crippen LogP contribution in [0.3, 0.4) is 0 Å². The average Bonchev–Trinajstić information content (AvgIpc) is 2.62. The Bertz CT molecular complexity index is 250. The van der Waals surface area contributed by atoms with Crippen LogP contribution in [0.25, 0.3) is 0 Å². The smallest absolute Gasteiger partial charge is 0.122 e. The molecule has 4 heteroatoms. The summed E-state index contributed by atoms with van der Waals surface area (Å²) in [6, 6.07) is 0. The summed E-state index contributed by atoms with van der Waals surface area (Å²) in [4.78, 5) is 4.26. The molecule has 0 radical (unpaired) electrons. The molecule has 1 aromatic rings. The van der Waals surface area contributed by atoms with Gasteiger partial charge in [0.25, 0.3) is 0 Å². The highest BCUT2D eigenvalue weighted by molar-refractivity contribution is 7.09. The van der Waals surface area contributed by atoms with E-state index in [0.29, 0.717) is 6.61 Å².